The lowest BCUT2D eigenvalue weighted by atomic mass is 10.0. The molecule has 0 aromatic rings. The van der Waals surface area contributed by atoms with E-state index < -0.39 is 9.84 Å². The third kappa shape index (κ3) is 5.86. The average Bonchev–Trinajstić information content (AvgIpc) is 1.99. The minimum atomic E-state index is -2.84. The Labute approximate surface area is 82.0 Å². The monoisotopic (exact) mass is 204 g/mol. The van der Waals surface area contributed by atoms with Crippen molar-refractivity contribution in [2.75, 3.05) is 6.26 Å². The van der Waals surface area contributed by atoms with Crippen molar-refractivity contribution in [3.8, 4) is 0 Å². The SMILES string of the molecule is CC=CC(C)CCC(C)S(C)(=O)=O. The lowest BCUT2D eigenvalue weighted by Crippen LogP contribution is -2.16. The Bertz CT molecular complexity index is 252. The summed E-state index contributed by atoms with van der Waals surface area (Å²) in [6, 6.07) is 0. The van der Waals surface area contributed by atoms with E-state index in [9.17, 15) is 8.42 Å². The van der Waals surface area contributed by atoms with Crippen molar-refractivity contribution in [1.29, 1.82) is 0 Å². The van der Waals surface area contributed by atoms with E-state index in [1.54, 1.807) is 6.92 Å². The van der Waals surface area contributed by atoms with E-state index in [-0.39, 0.29) is 5.25 Å². The number of hydrogen-bond acceptors (Lipinski definition) is 2. The molecule has 0 heterocycles. The zero-order valence-electron chi connectivity index (χ0n) is 8.95. The van der Waals surface area contributed by atoms with Gasteiger partial charge >= 0.3 is 0 Å². The Hall–Kier alpha value is -0.310. The van der Waals surface area contributed by atoms with Crippen LogP contribution in [0.25, 0.3) is 0 Å². The minimum absolute atomic E-state index is 0.208. The minimum Gasteiger partial charge on any atom is -0.229 e. The Morgan fingerprint density at radius 3 is 2.15 bits per heavy atom. The van der Waals surface area contributed by atoms with Crippen molar-refractivity contribution < 1.29 is 8.42 Å². The standard InChI is InChI=1S/C10H20O2S/c1-5-6-9(2)7-8-10(3)13(4,11)12/h5-6,9-10H,7-8H2,1-4H3. The molecular formula is C10H20O2S. The second kappa shape index (κ2) is 5.43. The number of allylic oxidation sites excluding steroid dienone is 2. The van der Waals surface area contributed by atoms with Gasteiger partial charge in [-0.15, -0.1) is 0 Å². The quantitative estimate of drug-likeness (QED) is 0.644. The Kier molecular flexibility index (Phi) is 5.30. The van der Waals surface area contributed by atoms with E-state index in [0.717, 1.165) is 12.8 Å². The maximum absolute atomic E-state index is 11.1. The van der Waals surface area contributed by atoms with Gasteiger partial charge in [0, 0.05) is 6.26 Å². The van der Waals surface area contributed by atoms with Crippen molar-refractivity contribution in [3.05, 3.63) is 12.2 Å². The molecule has 0 aromatic carbocycles. The van der Waals surface area contributed by atoms with Crippen molar-refractivity contribution in [1.82, 2.24) is 0 Å². The van der Waals surface area contributed by atoms with E-state index in [1.807, 2.05) is 13.0 Å². The van der Waals surface area contributed by atoms with Gasteiger partial charge in [-0.2, -0.15) is 0 Å². The summed E-state index contributed by atoms with van der Waals surface area (Å²) in [5, 5.41) is -0.208. The van der Waals surface area contributed by atoms with Crippen LogP contribution in [0.4, 0.5) is 0 Å². The highest BCUT2D eigenvalue weighted by molar-refractivity contribution is 7.91. The fourth-order valence-electron chi connectivity index (χ4n) is 1.14. The third-order valence-electron chi connectivity index (χ3n) is 2.28. The molecule has 0 aliphatic carbocycles. The maximum Gasteiger partial charge on any atom is 0.150 e. The van der Waals surface area contributed by atoms with Crippen LogP contribution < -0.4 is 0 Å². The van der Waals surface area contributed by atoms with Crippen molar-refractivity contribution in [2.24, 2.45) is 5.92 Å². The van der Waals surface area contributed by atoms with E-state index in [4.69, 9.17) is 0 Å². The molecule has 2 atom stereocenters. The zero-order valence-corrected chi connectivity index (χ0v) is 9.76. The molecule has 0 saturated heterocycles. The van der Waals surface area contributed by atoms with Crippen molar-refractivity contribution in [2.45, 2.75) is 38.9 Å². The molecule has 0 N–H and O–H groups in total. The van der Waals surface area contributed by atoms with Crippen LogP contribution in [0.3, 0.4) is 0 Å². The molecule has 0 radical (unpaired) electrons. The lowest BCUT2D eigenvalue weighted by molar-refractivity contribution is 0.557. The van der Waals surface area contributed by atoms with Gasteiger partial charge in [0.15, 0.2) is 0 Å². The molecule has 0 aliphatic heterocycles. The molecule has 0 rings (SSSR count). The smallest absolute Gasteiger partial charge is 0.150 e. The predicted molar refractivity (Wildman–Crippen MR) is 57.5 cm³/mol. The molecule has 0 bridgehead atoms. The first kappa shape index (κ1) is 12.7. The molecule has 0 amide bonds. The first-order chi connectivity index (χ1) is 5.88. The van der Waals surface area contributed by atoms with E-state index in [0.29, 0.717) is 5.92 Å². The molecule has 2 unspecified atom stereocenters. The summed E-state index contributed by atoms with van der Waals surface area (Å²) in [6.07, 6.45) is 7.12. The highest BCUT2D eigenvalue weighted by Gasteiger charge is 2.14. The molecule has 0 aliphatic rings. The van der Waals surface area contributed by atoms with Gasteiger partial charge in [0.2, 0.25) is 0 Å². The summed E-state index contributed by atoms with van der Waals surface area (Å²) in [4.78, 5) is 0. The van der Waals surface area contributed by atoms with Gasteiger partial charge < -0.3 is 0 Å². The van der Waals surface area contributed by atoms with Crippen LogP contribution in [0.1, 0.15) is 33.6 Å². The van der Waals surface area contributed by atoms with E-state index in [2.05, 4.69) is 13.0 Å². The summed E-state index contributed by atoms with van der Waals surface area (Å²) < 4.78 is 22.2. The molecule has 78 valence electrons. The average molecular weight is 204 g/mol. The van der Waals surface area contributed by atoms with Crippen molar-refractivity contribution >= 4 is 9.84 Å². The highest BCUT2D eigenvalue weighted by Crippen LogP contribution is 2.13. The summed E-state index contributed by atoms with van der Waals surface area (Å²) in [6.45, 7) is 5.86. The summed E-state index contributed by atoms with van der Waals surface area (Å²) in [5.41, 5.74) is 0. The fourth-order valence-corrected chi connectivity index (χ4v) is 1.70. The largest absolute Gasteiger partial charge is 0.229 e. The number of hydrogen-bond donors (Lipinski definition) is 0. The van der Waals surface area contributed by atoms with Gasteiger partial charge in [0.1, 0.15) is 9.84 Å². The fraction of sp³-hybridized carbons (Fsp3) is 0.800. The predicted octanol–water partition coefficient (Wildman–Crippen LogP) is 2.41. The van der Waals surface area contributed by atoms with Crippen LogP contribution in [0.15, 0.2) is 12.2 Å². The van der Waals surface area contributed by atoms with E-state index >= 15 is 0 Å². The van der Waals surface area contributed by atoms with Gasteiger partial charge in [0.25, 0.3) is 0 Å². The first-order valence-electron chi connectivity index (χ1n) is 4.69. The second-order valence-corrected chi connectivity index (χ2v) is 6.18. The Balaban J connectivity index is 3.90. The molecule has 0 fully saturated rings. The summed E-state index contributed by atoms with van der Waals surface area (Å²) in [7, 11) is -2.84. The van der Waals surface area contributed by atoms with Gasteiger partial charge in [0.05, 0.1) is 5.25 Å². The van der Waals surface area contributed by atoms with Crippen LogP contribution >= 0.6 is 0 Å². The lowest BCUT2D eigenvalue weighted by Gasteiger charge is -2.11. The summed E-state index contributed by atoms with van der Waals surface area (Å²) >= 11 is 0. The maximum atomic E-state index is 11.1. The normalized spacial score (nSPS) is 17.5. The Morgan fingerprint density at radius 2 is 1.77 bits per heavy atom. The van der Waals surface area contributed by atoms with Crippen molar-refractivity contribution in [3.63, 3.8) is 0 Å². The topological polar surface area (TPSA) is 34.1 Å². The molecule has 2 nitrogen and oxygen atoms in total. The van der Waals surface area contributed by atoms with Crippen LogP contribution in [-0.4, -0.2) is 19.9 Å². The van der Waals surface area contributed by atoms with Crippen LogP contribution in [0, 0.1) is 5.92 Å². The Morgan fingerprint density at radius 1 is 1.23 bits per heavy atom. The molecular weight excluding hydrogens is 184 g/mol. The van der Waals surface area contributed by atoms with Crippen LogP contribution in [-0.2, 0) is 9.84 Å². The molecule has 13 heavy (non-hydrogen) atoms. The molecule has 0 aromatic heterocycles. The molecule has 0 saturated carbocycles. The highest BCUT2D eigenvalue weighted by atomic mass is 32.2. The summed E-state index contributed by atoms with van der Waals surface area (Å²) in [5.74, 6) is 0.481. The second-order valence-electron chi connectivity index (χ2n) is 3.72. The van der Waals surface area contributed by atoms with E-state index in [1.165, 1.54) is 6.26 Å². The molecule has 0 spiro atoms. The van der Waals surface area contributed by atoms with Gasteiger partial charge in [-0.25, -0.2) is 8.42 Å². The zero-order chi connectivity index (χ0) is 10.5. The van der Waals surface area contributed by atoms with Gasteiger partial charge in [-0.3, -0.25) is 0 Å². The number of sulfone groups is 1. The first-order valence-corrected chi connectivity index (χ1v) is 6.65. The number of rotatable bonds is 5. The molecule has 3 heteroatoms. The third-order valence-corrected chi connectivity index (χ3v) is 3.98. The van der Waals surface area contributed by atoms with Gasteiger partial charge in [-0.1, -0.05) is 19.1 Å². The van der Waals surface area contributed by atoms with Gasteiger partial charge in [-0.05, 0) is 32.6 Å². The van der Waals surface area contributed by atoms with Crippen LogP contribution in [0.5, 0.6) is 0 Å². The van der Waals surface area contributed by atoms with Crippen LogP contribution in [0.2, 0.25) is 0 Å².